The Balaban J connectivity index is 1.79. The largest absolute Gasteiger partial charge is 0.340 e. The van der Waals surface area contributed by atoms with Crippen LogP contribution in [0.15, 0.2) is 0 Å². The maximum Gasteiger partial charge on any atom is 0.231 e. The zero-order chi connectivity index (χ0) is 12.4. The van der Waals surface area contributed by atoms with Gasteiger partial charge in [-0.2, -0.15) is 0 Å². The summed E-state index contributed by atoms with van der Waals surface area (Å²) in [4.78, 5) is 46.9. The highest BCUT2D eigenvalue weighted by molar-refractivity contribution is 6.02. The van der Waals surface area contributed by atoms with Gasteiger partial charge in [-0.05, 0) is 0 Å². The highest BCUT2D eigenvalue weighted by Gasteiger charge is 2.31. The Hall–Kier alpha value is -1.76. The Labute approximate surface area is 97.3 Å². The van der Waals surface area contributed by atoms with E-state index >= 15 is 0 Å². The Morgan fingerprint density at radius 2 is 1.00 bits per heavy atom. The van der Waals surface area contributed by atoms with Gasteiger partial charge >= 0.3 is 0 Å². The van der Waals surface area contributed by atoms with Crippen molar-refractivity contribution in [3.8, 4) is 0 Å². The molecule has 0 aromatic rings. The van der Waals surface area contributed by atoms with Crippen molar-refractivity contribution in [2.45, 2.75) is 25.7 Å². The summed E-state index contributed by atoms with van der Waals surface area (Å²) in [5.41, 5.74) is 0. The topological polar surface area (TPSA) is 84.0 Å². The van der Waals surface area contributed by atoms with Crippen LogP contribution in [0.1, 0.15) is 25.7 Å². The fourth-order valence-corrected chi connectivity index (χ4v) is 1.76. The highest BCUT2D eigenvalue weighted by atomic mass is 16.5. The lowest BCUT2D eigenvalue weighted by Crippen LogP contribution is -2.36. The zero-order valence-corrected chi connectivity index (χ0v) is 9.18. The van der Waals surface area contributed by atoms with Gasteiger partial charge in [-0.15, -0.1) is 0 Å². The first kappa shape index (κ1) is 11.7. The average molecular weight is 240 g/mol. The van der Waals surface area contributed by atoms with Crippen LogP contribution in [0.5, 0.6) is 0 Å². The molecule has 17 heavy (non-hydrogen) atoms. The van der Waals surface area contributed by atoms with Crippen molar-refractivity contribution in [1.29, 1.82) is 0 Å². The summed E-state index contributed by atoms with van der Waals surface area (Å²) in [5, 5.41) is 0. The standard InChI is InChI=1S/C10H12N2O5/c13-7-1-2-8(14)11(7)5-17-6-12-9(15)3-4-10(12)16/h1-6H2. The Morgan fingerprint density at radius 1 is 0.706 bits per heavy atom. The molecule has 0 aromatic carbocycles. The molecule has 0 saturated carbocycles. The number of carbonyl (C=O) groups excluding carboxylic acids is 4. The SMILES string of the molecule is O=C1CCC(=O)N1COCN1C(=O)CCC1=O. The minimum absolute atomic E-state index is 0.198. The summed E-state index contributed by atoms with van der Waals surface area (Å²) in [6.45, 7) is -0.399. The summed E-state index contributed by atoms with van der Waals surface area (Å²) < 4.78 is 5.05. The zero-order valence-electron chi connectivity index (χ0n) is 9.18. The van der Waals surface area contributed by atoms with Crippen molar-refractivity contribution in [2.24, 2.45) is 0 Å². The quantitative estimate of drug-likeness (QED) is 0.601. The smallest absolute Gasteiger partial charge is 0.231 e. The molecule has 2 heterocycles. The molecule has 0 aliphatic carbocycles. The first-order chi connectivity index (χ1) is 8.09. The summed E-state index contributed by atoms with van der Waals surface area (Å²) in [7, 11) is 0. The van der Waals surface area contributed by atoms with E-state index in [-0.39, 0.29) is 62.8 Å². The van der Waals surface area contributed by atoms with E-state index in [0.29, 0.717) is 0 Å². The van der Waals surface area contributed by atoms with E-state index in [1.54, 1.807) is 0 Å². The maximum absolute atomic E-state index is 11.2. The fraction of sp³-hybridized carbons (Fsp3) is 0.600. The van der Waals surface area contributed by atoms with Crippen molar-refractivity contribution >= 4 is 23.6 Å². The molecule has 7 nitrogen and oxygen atoms in total. The number of imide groups is 2. The van der Waals surface area contributed by atoms with E-state index < -0.39 is 0 Å². The van der Waals surface area contributed by atoms with Crippen LogP contribution in [0.4, 0.5) is 0 Å². The Kier molecular flexibility index (Phi) is 3.19. The number of nitrogens with zero attached hydrogens (tertiary/aromatic N) is 2. The molecule has 0 unspecified atom stereocenters. The van der Waals surface area contributed by atoms with Crippen LogP contribution < -0.4 is 0 Å². The van der Waals surface area contributed by atoms with Crippen LogP contribution in [0.3, 0.4) is 0 Å². The van der Waals surface area contributed by atoms with E-state index in [1.807, 2.05) is 0 Å². The lowest BCUT2D eigenvalue weighted by atomic mass is 10.4. The molecule has 0 bridgehead atoms. The van der Waals surface area contributed by atoms with Crippen molar-refractivity contribution in [3.63, 3.8) is 0 Å². The second kappa shape index (κ2) is 4.62. The monoisotopic (exact) mass is 240 g/mol. The molecule has 0 radical (unpaired) electrons. The molecular formula is C10H12N2O5. The lowest BCUT2D eigenvalue weighted by molar-refractivity contribution is -0.151. The van der Waals surface area contributed by atoms with Crippen molar-refractivity contribution in [3.05, 3.63) is 0 Å². The van der Waals surface area contributed by atoms with Crippen LogP contribution >= 0.6 is 0 Å². The number of hydrogen-bond donors (Lipinski definition) is 0. The summed E-state index contributed by atoms with van der Waals surface area (Å²) in [6, 6.07) is 0. The van der Waals surface area contributed by atoms with Crippen LogP contribution in [0.25, 0.3) is 0 Å². The van der Waals surface area contributed by atoms with Crippen molar-refractivity contribution in [2.75, 3.05) is 13.5 Å². The molecule has 2 rings (SSSR count). The molecule has 4 amide bonds. The maximum atomic E-state index is 11.2. The van der Waals surface area contributed by atoms with Gasteiger partial charge in [0.05, 0.1) is 0 Å². The minimum Gasteiger partial charge on any atom is -0.340 e. The normalized spacial score (nSPS) is 20.9. The third-order valence-electron chi connectivity index (χ3n) is 2.75. The van der Waals surface area contributed by atoms with Gasteiger partial charge in [0, 0.05) is 25.7 Å². The van der Waals surface area contributed by atoms with Gasteiger partial charge in [-0.25, -0.2) is 0 Å². The van der Waals surface area contributed by atoms with Gasteiger partial charge in [-0.1, -0.05) is 0 Å². The van der Waals surface area contributed by atoms with E-state index in [9.17, 15) is 19.2 Å². The highest BCUT2D eigenvalue weighted by Crippen LogP contribution is 2.13. The second-order valence-corrected chi connectivity index (χ2v) is 3.89. The van der Waals surface area contributed by atoms with Crippen molar-refractivity contribution in [1.82, 2.24) is 9.80 Å². The molecule has 2 aliphatic rings. The number of likely N-dealkylation sites (tertiary alicyclic amines) is 2. The lowest BCUT2D eigenvalue weighted by Gasteiger charge is -2.17. The van der Waals surface area contributed by atoms with E-state index in [2.05, 4.69) is 0 Å². The van der Waals surface area contributed by atoms with Gasteiger partial charge in [0.2, 0.25) is 23.6 Å². The molecule has 2 fully saturated rings. The Morgan fingerprint density at radius 3 is 1.29 bits per heavy atom. The van der Waals surface area contributed by atoms with Crippen LogP contribution in [0, 0.1) is 0 Å². The molecule has 2 aliphatic heterocycles. The van der Waals surface area contributed by atoms with Crippen molar-refractivity contribution < 1.29 is 23.9 Å². The molecule has 0 aromatic heterocycles. The van der Waals surface area contributed by atoms with Gasteiger partial charge in [0.15, 0.2) is 0 Å². The van der Waals surface area contributed by atoms with Gasteiger partial charge in [0.1, 0.15) is 13.5 Å². The first-order valence-corrected chi connectivity index (χ1v) is 5.33. The molecule has 2 saturated heterocycles. The number of ether oxygens (including phenoxy) is 1. The second-order valence-electron chi connectivity index (χ2n) is 3.89. The molecule has 7 heteroatoms. The summed E-state index contributed by atoms with van der Waals surface area (Å²) >= 11 is 0. The molecule has 92 valence electrons. The molecule has 0 atom stereocenters. The summed E-state index contributed by atoms with van der Waals surface area (Å²) in [6.07, 6.45) is 0.793. The fourth-order valence-electron chi connectivity index (χ4n) is 1.76. The third kappa shape index (κ3) is 2.33. The Bertz CT molecular complexity index is 324. The van der Waals surface area contributed by atoms with E-state index in [1.165, 1.54) is 0 Å². The van der Waals surface area contributed by atoms with Crippen LogP contribution in [-0.4, -0.2) is 46.9 Å². The predicted octanol–water partition coefficient (Wildman–Crippen LogP) is -0.784. The van der Waals surface area contributed by atoms with Gasteiger partial charge in [0.25, 0.3) is 0 Å². The van der Waals surface area contributed by atoms with E-state index in [0.717, 1.165) is 9.80 Å². The van der Waals surface area contributed by atoms with Gasteiger partial charge < -0.3 is 4.74 Å². The number of carbonyl (C=O) groups is 4. The average Bonchev–Trinajstić information content (AvgIpc) is 2.77. The minimum atomic E-state index is -0.283. The summed E-state index contributed by atoms with van der Waals surface area (Å²) in [5.74, 6) is -1.13. The van der Waals surface area contributed by atoms with Crippen LogP contribution in [-0.2, 0) is 23.9 Å². The third-order valence-corrected chi connectivity index (χ3v) is 2.75. The van der Waals surface area contributed by atoms with Crippen LogP contribution in [0.2, 0.25) is 0 Å². The van der Waals surface area contributed by atoms with Gasteiger partial charge in [-0.3, -0.25) is 29.0 Å². The molecular weight excluding hydrogens is 228 g/mol. The number of hydrogen-bond acceptors (Lipinski definition) is 5. The molecule has 0 spiro atoms. The first-order valence-electron chi connectivity index (χ1n) is 5.33. The number of rotatable bonds is 4. The molecule has 0 N–H and O–H groups in total. The van der Waals surface area contributed by atoms with E-state index in [4.69, 9.17) is 4.74 Å². The predicted molar refractivity (Wildman–Crippen MR) is 53.0 cm³/mol. The number of amides is 4.